The number of amidine groups is 1. The number of carbonyl (C=O) groups excluding carboxylic acids is 1. The van der Waals surface area contributed by atoms with E-state index in [9.17, 15) is 9.18 Å². The van der Waals surface area contributed by atoms with Gasteiger partial charge in [-0.05, 0) is 24.3 Å². The Morgan fingerprint density at radius 2 is 1.56 bits per heavy atom. The van der Waals surface area contributed by atoms with Crippen LogP contribution in [-0.4, -0.2) is 11.7 Å². The average molecular weight is 242 g/mol. The standard InChI is InChI=1S/C14H11FN2O/c15-12-8-6-11(7-9-12)14(18)17-13(16)10-4-2-1-3-5-10/h1-9H,(H2,16,17,18). The molecule has 0 radical (unpaired) electrons. The number of aliphatic imine (C=N–C) groups is 1. The minimum absolute atomic E-state index is 0.143. The van der Waals surface area contributed by atoms with E-state index in [1.807, 2.05) is 6.07 Å². The van der Waals surface area contributed by atoms with E-state index >= 15 is 0 Å². The summed E-state index contributed by atoms with van der Waals surface area (Å²) >= 11 is 0. The quantitative estimate of drug-likeness (QED) is 0.649. The minimum atomic E-state index is -0.489. The van der Waals surface area contributed by atoms with Gasteiger partial charge in [0.25, 0.3) is 5.91 Å². The molecule has 18 heavy (non-hydrogen) atoms. The Labute approximate surface area is 104 Å². The van der Waals surface area contributed by atoms with Crippen molar-refractivity contribution in [1.29, 1.82) is 0 Å². The maximum Gasteiger partial charge on any atom is 0.278 e. The number of amides is 1. The summed E-state index contributed by atoms with van der Waals surface area (Å²) in [6.45, 7) is 0. The molecule has 0 unspecified atom stereocenters. The first-order valence-corrected chi connectivity index (χ1v) is 5.36. The maximum atomic E-state index is 12.7. The van der Waals surface area contributed by atoms with Gasteiger partial charge in [0.1, 0.15) is 11.7 Å². The zero-order chi connectivity index (χ0) is 13.0. The molecule has 0 bridgehead atoms. The van der Waals surface area contributed by atoms with Crippen molar-refractivity contribution in [2.45, 2.75) is 0 Å². The lowest BCUT2D eigenvalue weighted by Gasteiger charge is -2.00. The lowest BCUT2D eigenvalue weighted by atomic mass is 10.2. The second-order valence-electron chi connectivity index (χ2n) is 3.68. The molecule has 0 aliphatic carbocycles. The maximum absolute atomic E-state index is 12.7. The van der Waals surface area contributed by atoms with Crippen LogP contribution < -0.4 is 5.73 Å². The van der Waals surface area contributed by atoms with Crippen molar-refractivity contribution >= 4 is 11.7 Å². The number of carbonyl (C=O) groups is 1. The van der Waals surface area contributed by atoms with E-state index in [-0.39, 0.29) is 5.84 Å². The number of benzene rings is 2. The van der Waals surface area contributed by atoms with Gasteiger partial charge in [-0.3, -0.25) is 4.79 Å². The van der Waals surface area contributed by atoms with Crippen LogP contribution in [0.15, 0.2) is 59.6 Å². The van der Waals surface area contributed by atoms with Crippen molar-refractivity contribution in [3.63, 3.8) is 0 Å². The number of halogens is 1. The lowest BCUT2D eigenvalue weighted by Crippen LogP contribution is -2.15. The van der Waals surface area contributed by atoms with Crippen LogP contribution in [0.5, 0.6) is 0 Å². The highest BCUT2D eigenvalue weighted by atomic mass is 19.1. The van der Waals surface area contributed by atoms with Gasteiger partial charge in [0, 0.05) is 11.1 Å². The van der Waals surface area contributed by atoms with Crippen LogP contribution in [0, 0.1) is 5.82 Å². The smallest absolute Gasteiger partial charge is 0.278 e. The fourth-order valence-electron chi connectivity index (χ4n) is 1.44. The van der Waals surface area contributed by atoms with E-state index in [1.54, 1.807) is 24.3 Å². The number of nitrogens with zero attached hydrogens (tertiary/aromatic N) is 1. The predicted octanol–water partition coefficient (Wildman–Crippen LogP) is 2.37. The number of nitrogens with two attached hydrogens (primary N) is 1. The molecule has 2 rings (SSSR count). The highest BCUT2D eigenvalue weighted by Crippen LogP contribution is 2.05. The average Bonchev–Trinajstić information content (AvgIpc) is 2.40. The van der Waals surface area contributed by atoms with Crippen LogP contribution >= 0.6 is 0 Å². The molecule has 2 aromatic rings. The Morgan fingerprint density at radius 3 is 2.17 bits per heavy atom. The number of hydrogen-bond donors (Lipinski definition) is 1. The topological polar surface area (TPSA) is 55.4 Å². The van der Waals surface area contributed by atoms with Crippen LogP contribution in [-0.2, 0) is 0 Å². The normalized spacial score (nSPS) is 11.3. The Morgan fingerprint density at radius 1 is 0.944 bits per heavy atom. The van der Waals surface area contributed by atoms with Crippen LogP contribution in [0.1, 0.15) is 15.9 Å². The van der Waals surface area contributed by atoms with Crippen molar-refractivity contribution in [3.8, 4) is 0 Å². The molecular weight excluding hydrogens is 231 g/mol. The number of rotatable bonds is 2. The summed E-state index contributed by atoms with van der Waals surface area (Å²) < 4.78 is 12.7. The molecule has 0 aliphatic heterocycles. The highest BCUT2D eigenvalue weighted by Gasteiger charge is 2.06. The summed E-state index contributed by atoms with van der Waals surface area (Å²) in [7, 11) is 0. The van der Waals surface area contributed by atoms with E-state index in [0.29, 0.717) is 11.1 Å². The summed E-state index contributed by atoms with van der Waals surface area (Å²) in [5.41, 5.74) is 6.69. The van der Waals surface area contributed by atoms with Gasteiger partial charge in [-0.25, -0.2) is 4.39 Å². The Kier molecular flexibility index (Phi) is 3.48. The molecule has 2 N–H and O–H groups in total. The first-order chi connectivity index (χ1) is 8.66. The third kappa shape index (κ3) is 2.79. The molecular formula is C14H11FN2O. The second kappa shape index (κ2) is 5.23. The second-order valence-corrected chi connectivity index (χ2v) is 3.68. The first kappa shape index (κ1) is 12.0. The summed E-state index contributed by atoms with van der Waals surface area (Å²) in [4.78, 5) is 15.5. The molecule has 0 saturated carbocycles. The molecule has 4 heteroatoms. The van der Waals surface area contributed by atoms with Crippen LogP contribution in [0.25, 0.3) is 0 Å². The van der Waals surface area contributed by atoms with Crippen molar-refractivity contribution in [1.82, 2.24) is 0 Å². The molecule has 0 heterocycles. The molecule has 1 amide bonds. The van der Waals surface area contributed by atoms with Gasteiger partial charge in [-0.15, -0.1) is 0 Å². The van der Waals surface area contributed by atoms with Gasteiger partial charge >= 0.3 is 0 Å². The van der Waals surface area contributed by atoms with Crippen molar-refractivity contribution < 1.29 is 9.18 Å². The fraction of sp³-hybridized carbons (Fsp3) is 0. The summed E-state index contributed by atoms with van der Waals surface area (Å²) in [6, 6.07) is 14.1. The van der Waals surface area contributed by atoms with Crippen LogP contribution in [0.4, 0.5) is 4.39 Å². The van der Waals surface area contributed by atoms with E-state index in [4.69, 9.17) is 5.73 Å². The molecule has 0 aliphatic rings. The van der Waals surface area contributed by atoms with E-state index in [2.05, 4.69) is 4.99 Å². The largest absolute Gasteiger partial charge is 0.383 e. The van der Waals surface area contributed by atoms with Crippen molar-refractivity contribution in [3.05, 3.63) is 71.5 Å². The zero-order valence-corrected chi connectivity index (χ0v) is 9.51. The van der Waals surface area contributed by atoms with Gasteiger partial charge in [0.15, 0.2) is 0 Å². The van der Waals surface area contributed by atoms with Gasteiger partial charge in [-0.2, -0.15) is 4.99 Å². The van der Waals surface area contributed by atoms with Gasteiger partial charge in [-0.1, -0.05) is 30.3 Å². The molecule has 0 spiro atoms. The third-order valence-electron chi connectivity index (χ3n) is 2.38. The Bertz CT molecular complexity index is 577. The van der Waals surface area contributed by atoms with Gasteiger partial charge in [0.05, 0.1) is 0 Å². The molecule has 0 atom stereocenters. The predicted molar refractivity (Wildman–Crippen MR) is 67.9 cm³/mol. The Hall–Kier alpha value is -2.49. The molecule has 0 aromatic heterocycles. The van der Waals surface area contributed by atoms with Crippen LogP contribution in [0.2, 0.25) is 0 Å². The molecule has 2 aromatic carbocycles. The van der Waals surface area contributed by atoms with E-state index < -0.39 is 11.7 Å². The van der Waals surface area contributed by atoms with Gasteiger partial charge < -0.3 is 5.73 Å². The summed E-state index contributed by atoms with van der Waals surface area (Å²) in [6.07, 6.45) is 0. The third-order valence-corrected chi connectivity index (χ3v) is 2.38. The van der Waals surface area contributed by atoms with Crippen molar-refractivity contribution in [2.75, 3.05) is 0 Å². The number of hydrogen-bond acceptors (Lipinski definition) is 1. The molecule has 0 saturated heterocycles. The first-order valence-electron chi connectivity index (χ1n) is 5.36. The van der Waals surface area contributed by atoms with E-state index in [0.717, 1.165) is 0 Å². The summed E-state index contributed by atoms with van der Waals surface area (Å²) in [5.74, 6) is -0.743. The fourth-order valence-corrected chi connectivity index (χ4v) is 1.44. The minimum Gasteiger partial charge on any atom is -0.383 e. The highest BCUT2D eigenvalue weighted by molar-refractivity contribution is 6.08. The summed E-state index contributed by atoms with van der Waals surface area (Å²) in [5, 5.41) is 0. The monoisotopic (exact) mass is 242 g/mol. The Balaban J connectivity index is 2.23. The van der Waals surface area contributed by atoms with Crippen LogP contribution in [0.3, 0.4) is 0 Å². The molecule has 3 nitrogen and oxygen atoms in total. The van der Waals surface area contributed by atoms with E-state index in [1.165, 1.54) is 24.3 Å². The van der Waals surface area contributed by atoms with Gasteiger partial charge in [0.2, 0.25) is 0 Å². The SMILES string of the molecule is NC(=NC(=O)c1ccc(F)cc1)c1ccccc1. The molecule has 0 fully saturated rings. The lowest BCUT2D eigenvalue weighted by molar-refractivity contribution is 0.100. The van der Waals surface area contributed by atoms with Crippen molar-refractivity contribution in [2.24, 2.45) is 10.7 Å². The molecule has 90 valence electrons. The zero-order valence-electron chi connectivity index (χ0n) is 9.51.